The quantitative estimate of drug-likeness (QED) is 0.910. The Balaban J connectivity index is 2.20. The van der Waals surface area contributed by atoms with Crippen LogP contribution < -0.4 is 0 Å². The highest BCUT2D eigenvalue weighted by molar-refractivity contribution is 6.31. The highest BCUT2D eigenvalue weighted by Crippen LogP contribution is 2.26. The minimum atomic E-state index is -0.566. The van der Waals surface area contributed by atoms with E-state index in [1.54, 1.807) is 4.68 Å². The van der Waals surface area contributed by atoms with E-state index in [4.69, 9.17) is 11.6 Å². The van der Waals surface area contributed by atoms with Gasteiger partial charge in [0.2, 0.25) is 0 Å². The zero-order valence-corrected chi connectivity index (χ0v) is 10.6. The van der Waals surface area contributed by atoms with Crippen molar-refractivity contribution in [3.8, 4) is 0 Å². The molecule has 2 rings (SSSR count). The van der Waals surface area contributed by atoms with Gasteiger partial charge in [0.1, 0.15) is 0 Å². The Labute approximate surface area is 106 Å². The molecule has 0 radical (unpaired) electrons. The third-order valence-electron chi connectivity index (χ3n) is 2.84. The summed E-state index contributed by atoms with van der Waals surface area (Å²) in [5, 5.41) is 15.1. The summed E-state index contributed by atoms with van der Waals surface area (Å²) in [7, 11) is 1.86. The second-order valence-corrected chi connectivity index (χ2v) is 4.56. The van der Waals surface area contributed by atoms with Crippen LogP contribution in [-0.4, -0.2) is 14.9 Å². The standard InChI is InChI=1S/C13H15ClN2O/c1-9-11(4-3-5-12(9)14)13(17)8-10-6-7-16(2)15-10/h3-7,13,17H,8H2,1-2H3. The van der Waals surface area contributed by atoms with Crippen molar-refractivity contribution in [1.82, 2.24) is 9.78 Å². The monoisotopic (exact) mass is 250 g/mol. The Morgan fingerprint density at radius 2 is 2.18 bits per heavy atom. The van der Waals surface area contributed by atoms with Crippen molar-refractivity contribution >= 4 is 11.6 Å². The maximum absolute atomic E-state index is 10.2. The third-order valence-corrected chi connectivity index (χ3v) is 3.25. The number of aliphatic hydroxyl groups excluding tert-OH is 1. The number of halogens is 1. The summed E-state index contributed by atoms with van der Waals surface area (Å²) < 4.78 is 1.73. The summed E-state index contributed by atoms with van der Waals surface area (Å²) in [6, 6.07) is 7.48. The Morgan fingerprint density at radius 1 is 1.41 bits per heavy atom. The van der Waals surface area contributed by atoms with Gasteiger partial charge in [-0.25, -0.2) is 0 Å². The molecule has 1 atom stereocenters. The summed E-state index contributed by atoms with van der Waals surface area (Å²) in [6.07, 6.45) is 1.80. The van der Waals surface area contributed by atoms with Gasteiger partial charge in [-0.1, -0.05) is 23.7 Å². The van der Waals surface area contributed by atoms with Gasteiger partial charge >= 0.3 is 0 Å². The van der Waals surface area contributed by atoms with Crippen LogP contribution in [0.1, 0.15) is 22.9 Å². The largest absolute Gasteiger partial charge is 0.388 e. The van der Waals surface area contributed by atoms with Crippen LogP contribution in [0.15, 0.2) is 30.5 Å². The fourth-order valence-electron chi connectivity index (χ4n) is 1.87. The summed E-state index contributed by atoms with van der Waals surface area (Å²) in [4.78, 5) is 0. The molecule has 4 heteroatoms. The van der Waals surface area contributed by atoms with Gasteiger partial charge in [-0.2, -0.15) is 5.10 Å². The van der Waals surface area contributed by atoms with E-state index in [1.165, 1.54) is 0 Å². The number of aromatic nitrogens is 2. The summed E-state index contributed by atoms with van der Waals surface area (Å²) in [5.41, 5.74) is 2.67. The molecule has 0 amide bonds. The van der Waals surface area contributed by atoms with Gasteiger partial charge in [0, 0.05) is 24.7 Å². The number of benzene rings is 1. The average molecular weight is 251 g/mol. The maximum Gasteiger partial charge on any atom is 0.0849 e. The Kier molecular flexibility index (Phi) is 3.50. The number of hydrogen-bond donors (Lipinski definition) is 1. The molecule has 3 nitrogen and oxygen atoms in total. The first-order valence-corrected chi connectivity index (χ1v) is 5.87. The molecule has 1 aromatic carbocycles. The fraction of sp³-hybridized carbons (Fsp3) is 0.308. The van der Waals surface area contributed by atoms with Crippen molar-refractivity contribution in [3.05, 3.63) is 52.3 Å². The van der Waals surface area contributed by atoms with Gasteiger partial charge < -0.3 is 5.11 Å². The molecule has 1 aromatic heterocycles. The highest BCUT2D eigenvalue weighted by Gasteiger charge is 2.13. The Hall–Kier alpha value is -1.32. The van der Waals surface area contributed by atoms with Crippen LogP contribution in [0.5, 0.6) is 0 Å². The van der Waals surface area contributed by atoms with Crippen molar-refractivity contribution in [2.75, 3.05) is 0 Å². The second kappa shape index (κ2) is 4.90. The van der Waals surface area contributed by atoms with E-state index in [-0.39, 0.29) is 0 Å². The first-order valence-electron chi connectivity index (χ1n) is 5.49. The van der Waals surface area contributed by atoms with Gasteiger partial charge in [0.05, 0.1) is 11.8 Å². The van der Waals surface area contributed by atoms with Crippen LogP contribution in [0.2, 0.25) is 5.02 Å². The van der Waals surface area contributed by atoms with Crippen molar-refractivity contribution in [2.24, 2.45) is 7.05 Å². The van der Waals surface area contributed by atoms with Gasteiger partial charge in [0.25, 0.3) is 0 Å². The number of hydrogen-bond acceptors (Lipinski definition) is 2. The smallest absolute Gasteiger partial charge is 0.0849 e. The van der Waals surface area contributed by atoms with Crippen LogP contribution in [0.25, 0.3) is 0 Å². The topological polar surface area (TPSA) is 38.0 Å². The molecule has 2 aromatic rings. The van der Waals surface area contributed by atoms with Crippen LogP contribution in [-0.2, 0) is 13.5 Å². The number of rotatable bonds is 3. The molecule has 0 saturated heterocycles. The van der Waals surface area contributed by atoms with Crippen molar-refractivity contribution in [3.63, 3.8) is 0 Å². The van der Waals surface area contributed by atoms with Crippen molar-refractivity contribution < 1.29 is 5.11 Å². The first-order chi connectivity index (χ1) is 8.08. The first kappa shape index (κ1) is 12.1. The molecule has 0 fully saturated rings. The summed E-state index contributed by atoms with van der Waals surface area (Å²) >= 11 is 6.03. The lowest BCUT2D eigenvalue weighted by atomic mass is 10.00. The lowest BCUT2D eigenvalue weighted by Crippen LogP contribution is -2.05. The van der Waals surface area contributed by atoms with Crippen LogP contribution >= 0.6 is 11.6 Å². The third kappa shape index (κ3) is 2.68. The summed E-state index contributed by atoms with van der Waals surface area (Å²) in [6.45, 7) is 1.92. The minimum Gasteiger partial charge on any atom is -0.388 e. The number of nitrogens with zero attached hydrogens (tertiary/aromatic N) is 2. The molecule has 1 unspecified atom stereocenters. The number of aliphatic hydroxyl groups is 1. The van der Waals surface area contributed by atoms with Crippen molar-refractivity contribution in [1.29, 1.82) is 0 Å². The molecule has 0 bridgehead atoms. The van der Waals surface area contributed by atoms with Crippen LogP contribution in [0.3, 0.4) is 0 Å². The maximum atomic E-state index is 10.2. The van der Waals surface area contributed by atoms with Gasteiger partial charge in [-0.05, 0) is 30.2 Å². The number of aryl methyl sites for hydroxylation is 1. The van der Waals surface area contributed by atoms with E-state index in [1.807, 2.05) is 44.4 Å². The molecule has 90 valence electrons. The summed E-state index contributed by atoms with van der Waals surface area (Å²) in [5.74, 6) is 0. The molecule has 17 heavy (non-hydrogen) atoms. The van der Waals surface area contributed by atoms with E-state index in [0.717, 1.165) is 16.8 Å². The molecule has 0 aliphatic carbocycles. The zero-order chi connectivity index (χ0) is 12.4. The predicted molar refractivity (Wildman–Crippen MR) is 68.1 cm³/mol. The molecular weight excluding hydrogens is 236 g/mol. The van der Waals surface area contributed by atoms with Crippen LogP contribution in [0, 0.1) is 6.92 Å². The van der Waals surface area contributed by atoms with Gasteiger partial charge in [0.15, 0.2) is 0 Å². The zero-order valence-electron chi connectivity index (χ0n) is 9.89. The van der Waals surface area contributed by atoms with E-state index >= 15 is 0 Å². The molecule has 0 saturated carbocycles. The molecule has 0 spiro atoms. The second-order valence-electron chi connectivity index (χ2n) is 4.15. The molecular formula is C13H15ClN2O. The SMILES string of the molecule is Cc1c(Cl)cccc1C(O)Cc1ccn(C)n1. The van der Waals surface area contributed by atoms with Crippen molar-refractivity contribution in [2.45, 2.75) is 19.4 Å². The van der Waals surface area contributed by atoms with E-state index in [0.29, 0.717) is 11.4 Å². The Morgan fingerprint density at radius 3 is 2.82 bits per heavy atom. The van der Waals surface area contributed by atoms with Crippen LogP contribution in [0.4, 0.5) is 0 Å². The lowest BCUT2D eigenvalue weighted by Gasteiger charge is -2.13. The normalized spacial score (nSPS) is 12.7. The highest BCUT2D eigenvalue weighted by atomic mass is 35.5. The van der Waals surface area contributed by atoms with E-state index in [2.05, 4.69) is 5.10 Å². The molecule has 0 aliphatic rings. The lowest BCUT2D eigenvalue weighted by molar-refractivity contribution is 0.176. The molecule has 0 aliphatic heterocycles. The average Bonchev–Trinajstić information content (AvgIpc) is 2.68. The minimum absolute atomic E-state index is 0.502. The van der Waals surface area contributed by atoms with Gasteiger partial charge in [-0.15, -0.1) is 0 Å². The fourth-order valence-corrected chi connectivity index (χ4v) is 2.05. The Bertz CT molecular complexity index is 522. The predicted octanol–water partition coefficient (Wildman–Crippen LogP) is 2.66. The van der Waals surface area contributed by atoms with E-state index in [9.17, 15) is 5.11 Å². The molecule has 1 N–H and O–H groups in total. The molecule has 1 heterocycles. The van der Waals surface area contributed by atoms with Gasteiger partial charge in [-0.3, -0.25) is 4.68 Å². The van der Waals surface area contributed by atoms with E-state index < -0.39 is 6.10 Å².